The van der Waals surface area contributed by atoms with Crippen LogP contribution < -0.4 is 20.3 Å². The molecule has 0 atom stereocenters. The fraction of sp³-hybridized carbons (Fsp3) is 0.550. The maximum atomic E-state index is 13.0. The Bertz CT molecular complexity index is 938. The Balaban J connectivity index is 2.15. The molecule has 1 heterocycles. The highest BCUT2D eigenvalue weighted by molar-refractivity contribution is 7.71. The first-order valence-corrected chi connectivity index (χ1v) is 10.2. The van der Waals surface area contributed by atoms with Gasteiger partial charge >= 0.3 is 0 Å². The molecule has 0 aliphatic heterocycles. The molecular weight excluding hydrogens is 394 g/mol. The molecule has 2 N–H and O–H groups in total. The van der Waals surface area contributed by atoms with Crippen molar-refractivity contribution in [2.24, 2.45) is 0 Å². The number of carbonyl (C=O) groups excluding carboxylic acids is 1. The van der Waals surface area contributed by atoms with E-state index in [0.717, 1.165) is 6.42 Å². The van der Waals surface area contributed by atoms with E-state index in [9.17, 15) is 9.59 Å². The zero-order valence-corrected chi connectivity index (χ0v) is 18.0. The van der Waals surface area contributed by atoms with E-state index in [2.05, 4.69) is 10.3 Å². The average molecular weight is 424 g/mol. The summed E-state index contributed by atoms with van der Waals surface area (Å²) in [5, 5.41) is 3.30. The van der Waals surface area contributed by atoms with E-state index >= 15 is 0 Å². The van der Waals surface area contributed by atoms with Crippen LogP contribution in [0.2, 0.25) is 0 Å². The molecule has 0 unspecified atom stereocenters. The normalized spacial score (nSPS) is 10.9. The number of amides is 1. The molecule has 1 aromatic carbocycles. The fourth-order valence-electron chi connectivity index (χ4n) is 2.93. The van der Waals surface area contributed by atoms with Crippen molar-refractivity contribution in [3.63, 3.8) is 0 Å². The number of rotatable bonds is 12. The highest BCUT2D eigenvalue weighted by Gasteiger charge is 2.13. The van der Waals surface area contributed by atoms with Crippen LogP contribution in [0.15, 0.2) is 16.9 Å². The Hall–Kier alpha value is -2.39. The minimum absolute atomic E-state index is 0.0511. The number of methoxy groups -OCH3 is 1. The summed E-state index contributed by atoms with van der Waals surface area (Å²) < 4.78 is 18.0. The maximum absolute atomic E-state index is 13.0. The molecule has 2 rings (SSSR count). The summed E-state index contributed by atoms with van der Waals surface area (Å²) in [5.74, 6) is 1.03. The highest BCUT2D eigenvalue weighted by atomic mass is 32.1. The zero-order valence-electron chi connectivity index (χ0n) is 17.2. The van der Waals surface area contributed by atoms with E-state index in [0.29, 0.717) is 72.9 Å². The third-order valence-corrected chi connectivity index (χ3v) is 4.60. The molecule has 160 valence electrons. The van der Waals surface area contributed by atoms with Crippen LogP contribution >= 0.6 is 12.2 Å². The molecule has 0 saturated carbocycles. The lowest BCUT2D eigenvalue weighted by atomic mass is 10.2. The predicted molar refractivity (Wildman–Crippen MR) is 114 cm³/mol. The summed E-state index contributed by atoms with van der Waals surface area (Å²) in [4.78, 5) is 27.9. The van der Waals surface area contributed by atoms with Gasteiger partial charge in [0.25, 0.3) is 5.56 Å². The van der Waals surface area contributed by atoms with Crippen LogP contribution in [0.1, 0.15) is 33.1 Å². The van der Waals surface area contributed by atoms with Crippen LogP contribution in [-0.2, 0) is 16.1 Å². The second kappa shape index (κ2) is 11.6. The molecule has 2 aromatic rings. The number of benzene rings is 1. The van der Waals surface area contributed by atoms with E-state index < -0.39 is 0 Å². The third-order valence-electron chi connectivity index (χ3n) is 4.28. The largest absolute Gasteiger partial charge is 0.490 e. The highest BCUT2D eigenvalue weighted by Crippen LogP contribution is 2.30. The van der Waals surface area contributed by atoms with Crippen molar-refractivity contribution in [2.75, 3.05) is 33.5 Å². The van der Waals surface area contributed by atoms with Crippen LogP contribution in [0.5, 0.6) is 11.5 Å². The third kappa shape index (κ3) is 6.30. The molecule has 0 aliphatic rings. The number of ether oxygens (including phenoxy) is 3. The lowest BCUT2D eigenvalue weighted by Crippen LogP contribution is -2.26. The van der Waals surface area contributed by atoms with Gasteiger partial charge in [0.1, 0.15) is 0 Å². The van der Waals surface area contributed by atoms with E-state index in [1.165, 1.54) is 4.57 Å². The Kier molecular flexibility index (Phi) is 9.14. The van der Waals surface area contributed by atoms with Crippen molar-refractivity contribution < 1.29 is 19.0 Å². The average Bonchev–Trinajstić information content (AvgIpc) is 2.69. The molecule has 1 amide bonds. The summed E-state index contributed by atoms with van der Waals surface area (Å²) in [5.41, 5.74) is 0.382. The second-order valence-corrected chi connectivity index (χ2v) is 6.78. The Morgan fingerprint density at radius 3 is 2.52 bits per heavy atom. The molecule has 9 heteroatoms. The molecule has 0 fully saturated rings. The molecule has 8 nitrogen and oxygen atoms in total. The predicted octanol–water partition coefficient (Wildman–Crippen LogP) is 2.79. The van der Waals surface area contributed by atoms with Gasteiger partial charge in [0.15, 0.2) is 16.3 Å². The summed E-state index contributed by atoms with van der Waals surface area (Å²) in [6.45, 7) is 6.23. The second-order valence-electron chi connectivity index (χ2n) is 6.40. The number of hydrogen-bond donors (Lipinski definition) is 2. The van der Waals surface area contributed by atoms with Crippen molar-refractivity contribution in [3.05, 3.63) is 27.3 Å². The SMILES string of the molecule is CCOc1cc2[nH]c(=S)n(CCCC(=O)NCCCOC)c(=O)c2cc1OCC. The zero-order chi connectivity index (χ0) is 21.2. The number of H-pyrrole nitrogens is 1. The molecule has 29 heavy (non-hydrogen) atoms. The maximum Gasteiger partial charge on any atom is 0.262 e. The molecule has 0 aliphatic carbocycles. The van der Waals surface area contributed by atoms with Gasteiger partial charge in [-0.05, 0) is 45.0 Å². The van der Waals surface area contributed by atoms with Gasteiger partial charge in [-0.1, -0.05) is 0 Å². The molecule has 0 radical (unpaired) electrons. The van der Waals surface area contributed by atoms with Crippen molar-refractivity contribution in [3.8, 4) is 11.5 Å². The van der Waals surface area contributed by atoms with E-state index in [1.807, 2.05) is 13.8 Å². The number of nitrogens with zero attached hydrogens (tertiary/aromatic N) is 1. The number of fused-ring (bicyclic) bond motifs is 1. The summed E-state index contributed by atoms with van der Waals surface area (Å²) >= 11 is 5.36. The van der Waals surface area contributed by atoms with E-state index in [-0.39, 0.29) is 11.5 Å². The molecule has 0 bridgehead atoms. The first-order chi connectivity index (χ1) is 14.0. The Morgan fingerprint density at radius 1 is 1.17 bits per heavy atom. The monoisotopic (exact) mass is 423 g/mol. The Labute approximate surface area is 175 Å². The van der Waals surface area contributed by atoms with Crippen molar-refractivity contribution in [2.45, 2.75) is 39.7 Å². The van der Waals surface area contributed by atoms with E-state index in [1.54, 1.807) is 19.2 Å². The summed E-state index contributed by atoms with van der Waals surface area (Å²) in [7, 11) is 1.63. The first kappa shape index (κ1) is 22.9. The molecule has 0 saturated heterocycles. The van der Waals surface area contributed by atoms with Crippen LogP contribution in [0, 0.1) is 4.77 Å². The van der Waals surface area contributed by atoms with Gasteiger partial charge in [-0.2, -0.15) is 0 Å². The fourth-order valence-corrected chi connectivity index (χ4v) is 3.21. The van der Waals surface area contributed by atoms with Gasteiger partial charge in [-0.3, -0.25) is 14.2 Å². The lowest BCUT2D eigenvalue weighted by molar-refractivity contribution is -0.121. The van der Waals surface area contributed by atoms with Crippen molar-refractivity contribution in [1.82, 2.24) is 14.9 Å². The number of aromatic nitrogens is 2. The number of carbonyl (C=O) groups is 1. The minimum atomic E-state index is -0.215. The van der Waals surface area contributed by atoms with Gasteiger partial charge in [0.05, 0.1) is 24.1 Å². The van der Waals surface area contributed by atoms with Gasteiger partial charge in [0, 0.05) is 39.3 Å². The Morgan fingerprint density at radius 2 is 1.86 bits per heavy atom. The van der Waals surface area contributed by atoms with Gasteiger partial charge in [-0.25, -0.2) is 0 Å². The standard InChI is InChI=1S/C20H29N3O5S/c1-4-27-16-12-14-15(13-17(16)28-5-2)22-20(29)23(19(14)25)10-6-8-18(24)21-9-7-11-26-3/h12-13H,4-11H2,1-3H3,(H,21,24)(H,22,29). The molecule has 1 aromatic heterocycles. The minimum Gasteiger partial charge on any atom is -0.490 e. The first-order valence-electron chi connectivity index (χ1n) is 9.83. The quantitative estimate of drug-likeness (QED) is 0.403. The summed E-state index contributed by atoms with van der Waals surface area (Å²) in [6.07, 6.45) is 1.59. The number of hydrogen-bond acceptors (Lipinski definition) is 6. The lowest BCUT2D eigenvalue weighted by Gasteiger charge is -2.13. The van der Waals surface area contributed by atoms with Gasteiger partial charge in [0.2, 0.25) is 5.91 Å². The summed E-state index contributed by atoms with van der Waals surface area (Å²) in [6, 6.07) is 3.41. The smallest absolute Gasteiger partial charge is 0.262 e. The van der Waals surface area contributed by atoms with Crippen molar-refractivity contribution in [1.29, 1.82) is 0 Å². The van der Waals surface area contributed by atoms with Crippen molar-refractivity contribution >= 4 is 29.0 Å². The topological polar surface area (TPSA) is 94.6 Å². The van der Waals surface area contributed by atoms with Crippen LogP contribution in [-0.4, -0.2) is 48.9 Å². The number of nitrogens with one attached hydrogen (secondary N) is 2. The van der Waals surface area contributed by atoms with Crippen LogP contribution in [0.25, 0.3) is 10.9 Å². The van der Waals surface area contributed by atoms with Gasteiger partial charge in [-0.15, -0.1) is 0 Å². The van der Waals surface area contributed by atoms with Crippen LogP contribution in [0.3, 0.4) is 0 Å². The number of aromatic amines is 1. The van der Waals surface area contributed by atoms with Crippen LogP contribution in [0.4, 0.5) is 0 Å². The molecule has 0 spiro atoms. The van der Waals surface area contributed by atoms with E-state index in [4.69, 9.17) is 26.4 Å². The molecular formula is C20H29N3O5S. The van der Waals surface area contributed by atoms with Gasteiger partial charge < -0.3 is 24.5 Å².